The third kappa shape index (κ3) is 15.9. The van der Waals surface area contributed by atoms with E-state index in [1.807, 2.05) is 0 Å². The number of aliphatic imine (C=N–C) groups is 1. The van der Waals surface area contributed by atoms with Crippen molar-refractivity contribution in [1.29, 1.82) is 0 Å². The van der Waals surface area contributed by atoms with E-state index in [-0.39, 0.29) is 0 Å². The molecule has 0 aromatic carbocycles. The van der Waals surface area contributed by atoms with Crippen LogP contribution in [0.1, 0.15) is 149 Å². The Morgan fingerprint density at radius 2 is 0.966 bits per heavy atom. The summed E-state index contributed by atoms with van der Waals surface area (Å²) >= 11 is 0. The van der Waals surface area contributed by atoms with Crippen molar-refractivity contribution in [3.05, 3.63) is 0 Å². The first-order chi connectivity index (χ1) is 14.4. The number of hydrogen-bond acceptors (Lipinski definition) is 2. The average Bonchev–Trinajstić information content (AvgIpc) is 3.18. The molecule has 0 aromatic rings. The van der Waals surface area contributed by atoms with E-state index in [2.05, 4.69) is 18.7 Å². The SMILES string of the molecule is CCCCCCCCCCCCC1=NCCN1CCCCCCCCCCCC. The Morgan fingerprint density at radius 3 is 1.45 bits per heavy atom. The lowest BCUT2D eigenvalue weighted by atomic mass is 10.1. The Kier molecular flexibility index (Phi) is 18.9. The first-order valence-electron chi connectivity index (χ1n) is 13.7. The Morgan fingerprint density at radius 1 is 0.552 bits per heavy atom. The van der Waals surface area contributed by atoms with Crippen molar-refractivity contribution in [1.82, 2.24) is 4.90 Å². The van der Waals surface area contributed by atoms with Gasteiger partial charge in [0.05, 0.1) is 12.4 Å². The van der Waals surface area contributed by atoms with Crippen molar-refractivity contribution < 1.29 is 0 Å². The summed E-state index contributed by atoms with van der Waals surface area (Å²) in [6.07, 6.45) is 29.8. The lowest BCUT2D eigenvalue weighted by Gasteiger charge is -2.20. The quantitative estimate of drug-likeness (QED) is 0.164. The molecule has 0 atom stereocenters. The van der Waals surface area contributed by atoms with Crippen LogP contribution < -0.4 is 0 Å². The molecule has 0 radical (unpaired) electrons. The van der Waals surface area contributed by atoms with Crippen LogP contribution in [-0.4, -0.2) is 30.4 Å². The Bertz CT molecular complexity index is 364. The fourth-order valence-corrected chi connectivity index (χ4v) is 4.57. The standard InChI is InChI=1S/C27H54N2/c1-3-5-7-9-11-13-15-17-19-21-23-27-28-24-26-29(27)25-22-20-18-16-14-12-10-8-6-4-2/h3-26H2,1-2H3. The van der Waals surface area contributed by atoms with Gasteiger partial charge in [0, 0.05) is 19.5 Å². The summed E-state index contributed by atoms with van der Waals surface area (Å²) in [6, 6.07) is 0. The highest BCUT2D eigenvalue weighted by molar-refractivity contribution is 5.83. The van der Waals surface area contributed by atoms with Gasteiger partial charge in [-0.2, -0.15) is 0 Å². The van der Waals surface area contributed by atoms with Crippen LogP contribution in [0.4, 0.5) is 0 Å². The molecule has 29 heavy (non-hydrogen) atoms. The van der Waals surface area contributed by atoms with E-state index in [0.29, 0.717) is 0 Å². The van der Waals surface area contributed by atoms with E-state index in [4.69, 9.17) is 4.99 Å². The maximum absolute atomic E-state index is 4.80. The van der Waals surface area contributed by atoms with Crippen molar-refractivity contribution in [2.75, 3.05) is 19.6 Å². The Labute approximate surface area is 184 Å². The highest BCUT2D eigenvalue weighted by Crippen LogP contribution is 2.15. The molecule has 172 valence electrons. The van der Waals surface area contributed by atoms with Crippen LogP contribution in [0.15, 0.2) is 4.99 Å². The third-order valence-corrected chi connectivity index (χ3v) is 6.56. The van der Waals surface area contributed by atoms with Gasteiger partial charge in [0.2, 0.25) is 0 Å². The molecule has 1 aliphatic heterocycles. The van der Waals surface area contributed by atoms with Crippen LogP contribution >= 0.6 is 0 Å². The van der Waals surface area contributed by atoms with Crippen LogP contribution in [0, 0.1) is 0 Å². The molecule has 0 amide bonds. The number of hydrogen-bond donors (Lipinski definition) is 0. The van der Waals surface area contributed by atoms with Gasteiger partial charge in [-0.1, -0.05) is 129 Å². The summed E-state index contributed by atoms with van der Waals surface area (Å²) in [4.78, 5) is 7.40. The third-order valence-electron chi connectivity index (χ3n) is 6.56. The molecule has 0 bridgehead atoms. The van der Waals surface area contributed by atoms with Gasteiger partial charge in [-0.15, -0.1) is 0 Å². The predicted octanol–water partition coefficient (Wildman–Crippen LogP) is 8.93. The van der Waals surface area contributed by atoms with Crippen molar-refractivity contribution in [3.63, 3.8) is 0 Å². The lowest BCUT2D eigenvalue weighted by molar-refractivity contribution is 0.421. The predicted molar refractivity (Wildman–Crippen MR) is 132 cm³/mol. The highest BCUT2D eigenvalue weighted by atomic mass is 15.2. The van der Waals surface area contributed by atoms with Crippen LogP contribution in [0.2, 0.25) is 0 Å². The molecular formula is C27H54N2. The minimum Gasteiger partial charge on any atom is -0.359 e. The fourth-order valence-electron chi connectivity index (χ4n) is 4.57. The zero-order chi connectivity index (χ0) is 20.8. The maximum Gasteiger partial charge on any atom is 0.0990 e. The van der Waals surface area contributed by atoms with Crippen molar-refractivity contribution in [3.8, 4) is 0 Å². The minimum atomic E-state index is 1.05. The van der Waals surface area contributed by atoms with Crippen LogP contribution in [0.3, 0.4) is 0 Å². The molecule has 1 rings (SSSR count). The summed E-state index contributed by atoms with van der Waals surface area (Å²) in [5.74, 6) is 1.43. The Balaban J connectivity index is 1.88. The number of amidine groups is 1. The normalized spacial score (nSPS) is 14.0. The first kappa shape index (κ1) is 26.5. The molecule has 0 fully saturated rings. The molecule has 1 heterocycles. The minimum absolute atomic E-state index is 1.05. The average molecular weight is 407 g/mol. The molecule has 0 aliphatic carbocycles. The van der Waals surface area contributed by atoms with E-state index in [1.54, 1.807) is 0 Å². The van der Waals surface area contributed by atoms with E-state index in [9.17, 15) is 0 Å². The Hall–Kier alpha value is -0.530. The van der Waals surface area contributed by atoms with Gasteiger partial charge in [0.25, 0.3) is 0 Å². The summed E-state index contributed by atoms with van der Waals surface area (Å²) in [5.41, 5.74) is 0. The van der Waals surface area contributed by atoms with E-state index < -0.39 is 0 Å². The van der Waals surface area contributed by atoms with Gasteiger partial charge in [-0.25, -0.2) is 0 Å². The molecular weight excluding hydrogens is 352 g/mol. The molecule has 0 unspecified atom stereocenters. The van der Waals surface area contributed by atoms with E-state index in [0.717, 1.165) is 6.54 Å². The summed E-state index contributed by atoms with van der Waals surface area (Å²) < 4.78 is 0. The molecule has 0 N–H and O–H groups in total. The van der Waals surface area contributed by atoms with Crippen LogP contribution in [0.5, 0.6) is 0 Å². The molecule has 0 aromatic heterocycles. The van der Waals surface area contributed by atoms with Gasteiger partial charge in [-0.3, -0.25) is 4.99 Å². The summed E-state index contributed by atoms with van der Waals surface area (Å²) in [7, 11) is 0. The first-order valence-corrected chi connectivity index (χ1v) is 13.7. The van der Waals surface area contributed by atoms with Gasteiger partial charge < -0.3 is 4.90 Å². The second-order valence-electron chi connectivity index (χ2n) is 9.40. The summed E-state index contributed by atoms with van der Waals surface area (Å²) in [5, 5.41) is 0. The van der Waals surface area contributed by atoms with Crippen molar-refractivity contribution in [2.45, 2.75) is 149 Å². The molecule has 1 aliphatic rings. The van der Waals surface area contributed by atoms with Crippen molar-refractivity contribution in [2.24, 2.45) is 4.99 Å². The summed E-state index contributed by atoms with van der Waals surface area (Å²) in [6.45, 7) is 8.09. The second kappa shape index (κ2) is 20.7. The van der Waals surface area contributed by atoms with Gasteiger partial charge in [0.15, 0.2) is 0 Å². The molecule has 0 spiro atoms. The number of unbranched alkanes of at least 4 members (excludes halogenated alkanes) is 18. The zero-order valence-corrected chi connectivity index (χ0v) is 20.4. The van der Waals surface area contributed by atoms with E-state index >= 15 is 0 Å². The fraction of sp³-hybridized carbons (Fsp3) is 0.963. The molecule has 2 nitrogen and oxygen atoms in total. The van der Waals surface area contributed by atoms with Crippen molar-refractivity contribution >= 4 is 5.84 Å². The largest absolute Gasteiger partial charge is 0.359 e. The molecule has 2 heteroatoms. The van der Waals surface area contributed by atoms with Crippen LogP contribution in [0.25, 0.3) is 0 Å². The van der Waals surface area contributed by atoms with E-state index in [1.165, 1.54) is 154 Å². The second-order valence-corrected chi connectivity index (χ2v) is 9.40. The maximum atomic E-state index is 4.80. The number of rotatable bonds is 22. The molecule has 0 saturated heterocycles. The zero-order valence-electron chi connectivity index (χ0n) is 20.4. The highest BCUT2D eigenvalue weighted by Gasteiger charge is 2.15. The lowest BCUT2D eigenvalue weighted by Crippen LogP contribution is -2.28. The van der Waals surface area contributed by atoms with Gasteiger partial charge >= 0.3 is 0 Å². The monoisotopic (exact) mass is 406 g/mol. The van der Waals surface area contributed by atoms with Crippen LogP contribution in [-0.2, 0) is 0 Å². The van der Waals surface area contributed by atoms with Gasteiger partial charge in [-0.05, 0) is 12.8 Å². The smallest absolute Gasteiger partial charge is 0.0990 e. The van der Waals surface area contributed by atoms with Gasteiger partial charge in [0.1, 0.15) is 0 Å². The number of nitrogens with zero attached hydrogens (tertiary/aromatic N) is 2. The molecule has 0 saturated carbocycles. The topological polar surface area (TPSA) is 15.6 Å².